The monoisotopic (exact) mass is 422 g/mol. The highest BCUT2D eigenvalue weighted by atomic mass is 127. The highest BCUT2D eigenvalue weighted by Crippen LogP contribution is 2.10. The Labute approximate surface area is 149 Å². The average Bonchev–Trinajstić information content (AvgIpc) is 2.86. The quantitative estimate of drug-likeness (QED) is 0.430. The molecule has 0 aromatic carbocycles. The molecule has 0 atom stereocenters. The number of halogens is 1. The molecule has 1 aromatic heterocycles. The number of nitrogens with zero attached hydrogens (tertiary/aromatic N) is 4. The van der Waals surface area contributed by atoms with Crippen LogP contribution in [0.5, 0.6) is 0 Å². The van der Waals surface area contributed by atoms with E-state index in [1.54, 1.807) is 7.05 Å². The van der Waals surface area contributed by atoms with Gasteiger partial charge in [0.1, 0.15) is 0 Å². The van der Waals surface area contributed by atoms with Crippen LogP contribution in [0.2, 0.25) is 0 Å². The van der Waals surface area contributed by atoms with E-state index in [0.29, 0.717) is 12.6 Å². The zero-order valence-electron chi connectivity index (χ0n) is 13.8. The number of guanidine groups is 1. The van der Waals surface area contributed by atoms with Gasteiger partial charge in [0.2, 0.25) is 5.95 Å². The van der Waals surface area contributed by atoms with Gasteiger partial charge in [-0.15, -0.1) is 24.0 Å². The minimum atomic E-state index is 0. The molecule has 1 fully saturated rings. The van der Waals surface area contributed by atoms with Crippen LogP contribution in [0.3, 0.4) is 0 Å². The number of imidazole rings is 1. The van der Waals surface area contributed by atoms with Gasteiger partial charge in [-0.25, -0.2) is 4.98 Å². The summed E-state index contributed by atoms with van der Waals surface area (Å²) in [5.74, 6) is 1.77. The summed E-state index contributed by atoms with van der Waals surface area (Å²) >= 11 is 0. The maximum atomic E-state index is 5.37. The lowest BCUT2D eigenvalue weighted by molar-refractivity contribution is 0.0822. The topological polar surface area (TPSA) is 66.7 Å². The van der Waals surface area contributed by atoms with Crippen LogP contribution >= 0.6 is 24.0 Å². The molecule has 126 valence electrons. The number of ether oxygens (including phenoxy) is 1. The van der Waals surface area contributed by atoms with E-state index in [9.17, 15) is 0 Å². The summed E-state index contributed by atoms with van der Waals surface area (Å²) in [6.07, 6.45) is 3.94. The first-order valence-corrected chi connectivity index (χ1v) is 7.34. The molecular weight excluding hydrogens is 395 g/mol. The summed E-state index contributed by atoms with van der Waals surface area (Å²) in [6, 6.07) is 0.439. The molecule has 1 aliphatic rings. The van der Waals surface area contributed by atoms with Crippen LogP contribution in [0.25, 0.3) is 0 Å². The summed E-state index contributed by atoms with van der Waals surface area (Å²) in [5, 5.41) is 6.79. The van der Waals surface area contributed by atoms with Crippen molar-refractivity contribution in [2.24, 2.45) is 12.0 Å². The van der Waals surface area contributed by atoms with E-state index in [2.05, 4.69) is 25.2 Å². The van der Waals surface area contributed by atoms with Crippen LogP contribution in [0.15, 0.2) is 11.2 Å². The SMILES string of the molecule is CN=C(NCc1cnc(N(C)C)n1C)NC1CCOCC1.I. The van der Waals surface area contributed by atoms with Gasteiger partial charge in [-0.3, -0.25) is 4.99 Å². The number of aliphatic imine (C=N–C) groups is 1. The minimum absolute atomic E-state index is 0. The molecule has 7 nitrogen and oxygen atoms in total. The maximum Gasteiger partial charge on any atom is 0.204 e. The molecule has 0 spiro atoms. The first-order chi connectivity index (χ1) is 10.1. The Kier molecular flexibility index (Phi) is 7.94. The van der Waals surface area contributed by atoms with Crippen LogP contribution < -0.4 is 15.5 Å². The molecule has 1 saturated heterocycles. The van der Waals surface area contributed by atoms with Gasteiger partial charge in [0.25, 0.3) is 0 Å². The number of rotatable bonds is 4. The first-order valence-electron chi connectivity index (χ1n) is 7.34. The zero-order chi connectivity index (χ0) is 15.2. The molecule has 22 heavy (non-hydrogen) atoms. The van der Waals surface area contributed by atoms with Crippen LogP contribution in [-0.2, 0) is 18.3 Å². The van der Waals surface area contributed by atoms with Crippen molar-refractivity contribution in [3.8, 4) is 0 Å². The molecule has 8 heteroatoms. The molecule has 0 unspecified atom stereocenters. The molecular formula is C14H27IN6O. The van der Waals surface area contributed by atoms with Gasteiger partial charge in [0.15, 0.2) is 5.96 Å². The Balaban J connectivity index is 0.00000242. The zero-order valence-corrected chi connectivity index (χ0v) is 16.1. The van der Waals surface area contributed by atoms with Crippen LogP contribution in [-0.4, -0.2) is 55.9 Å². The maximum absolute atomic E-state index is 5.37. The molecule has 0 bridgehead atoms. The Hall–Kier alpha value is -1.03. The van der Waals surface area contributed by atoms with Gasteiger partial charge in [0.05, 0.1) is 18.4 Å². The molecule has 1 aliphatic heterocycles. The minimum Gasteiger partial charge on any atom is -0.381 e. The van der Waals surface area contributed by atoms with Crippen molar-refractivity contribution in [2.75, 3.05) is 39.3 Å². The Morgan fingerprint density at radius 3 is 2.68 bits per heavy atom. The third-order valence-electron chi connectivity index (χ3n) is 3.68. The number of aromatic nitrogens is 2. The fraction of sp³-hybridized carbons (Fsp3) is 0.714. The van der Waals surface area contributed by atoms with Crippen molar-refractivity contribution >= 4 is 35.9 Å². The number of hydrogen-bond acceptors (Lipinski definition) is 4. The largest absolute Gasteiger partial charge is 0.381 e. The van der Waals surface area contributed by atoms with E-state index < -0.39 is 0 Å². The summed E-state index contributed by atoms with van der Waals surface area (Å²) < 4.78 is 7.45. The molecule has 0 radical (unpaired) electrons. The molecule has 2 heterocycles. The van der Waals surface area contributed by atoms with Crippen LogP contribution in [0.4, 0.5) is 5.95 Å². The Bertz CT molecular complexity index is 482. The third kappa shape index (κ3) is 5.01. The summed E-state index contributed by atoms with van der Waals surface area (Å²) in [7, 11) is 7.80. The van der Waals surface area contributed by atoms with Crippen molar-refractivity contribution in [1.29, 1.82) is 0 Å². The lowest BCUT2D eigenvalue weighted by atomic mass is 10.1. The predicted octanol–water partition coefficient (Wildman–Crippen LogP) is 0.948. The summed E-state index contributed by atoms with van der Waals surface area (Å²) in [4.78, 5) is 10.7. The van der Waals surface area contributed by atoms with Crippen molar-refractivity contribution in [2.45, 2.75) is 25.4 Å². The van der Waals surface area contributed by atoms with Crippen LogP contribution in [0.1, 0.15) is 18.5 Å². The normalized spacial score (nSPS) is 16.1. The van der Waals surface area contributed by atoms with Gasteiger partial charge in [-0.05, 0) is 12.8 Å². The van der Waals surface area contributed by atoms with Gasteiger partial charge in [-0.2, -0.15) is 0 Å². The molecule has 2 rings (SSSR count). The van der Waals surface area contributed by atoms with E-state index in [0.717, 1.165) is 43.7 Å². The van der Waals surface area contributed by atoms with E-state index in [1.165, 1.54) is 0 Å². The second-order valence-electron chi connectivity index (χ2n) is 5.46. The molecule has 0 saturated carbocycles. The van der Waals surface area contributed by atoms with Crippen molar-refractivity contribution in [3.05, 3.63) is 11.9 Å². The fourth-order valence-corrected chi connectivity index (χ4v) is 2.42. The van der Waals surface area contributed by atoms with Crippen molar-refractivity contribution in [1.82, 2.24) is 20.2 Å². The second kappa shape index (κ2) is 9.19. The summed E-state index contributed by atoms with van der Waals surface area (Å²) in [5.41, 5.74) is 1.12. The summed E-state index contributed by atoms with van der Waals surface area (Å²) in [6.45, 7) is 2.34. The fourth-order valence-electron chi connectivity index (χ4n) is 2.42. The number of nitrogens with one attached hydrogen (secondary N) is 2. The number of hydrogen-bond donors (Lipinski definition) is 2. The van der Waals surface area contributed by atoms with Crippen molar-refractivity contribution in [3.63, 3.8) is 0 Å². The van der Waals surface area contributed by atoms with E-state index >= 15 is 0 Å². The van der Waals surface area contributed by atoms with Gasteiger partial charge >= 0.3 is 0 Å². The second-order valence-corrected chi connectivity index (χ2v) is 5.46. The highest BCUT2D eigenvalue weighted by Gasteiger charge is 2.15. The van der Waals surface area contributed by atoms with Gasteiger partial charge in [0, 0.05) is 47.4 Å². The molecule has 0 amide bonds. The smallest absolute Gasteiger partial charge is 0.204 e. The first kappa shape index (κ1) is 19.0. The Morgan fingerprint density at radius 2 is 2.14 bits per heavy atom. The predicted molar refractivity (Wildman–Crippen MR) is 100 cm³/mol. The van der Waals surface area contributed by atoms with E-state index in [-0.39, 0.29) is 24.0 Å². The van der Waals surface area contributed by atoms with Gasteiger partial charge < -0.3 is 24.8 Å². The molecule has 2 N–H and O–H groups in total. The van der Waals surface area contributed by atoms with Crippen molar-refractivity contribution < 1.29 is 4.74 Å². The van der Waals surface area contributed by atoms with Crippen LogP contribution in [0, 0.1) is 0 Å². The molecule has 1 aromatic rings. The van der Waals surface area contributed by atoms with Gasteiger partial charge in [-0.1, -0.05) is 0 Å². The average molecular weight is 422 g/mol. The standard InChI is InChI=1S/C14H26N6O.HI/c1-15-13(18-11-5-7-21-8-6-11)16-9-12-10-17-14(19(2)3)20(12)4;/h10-11H,5-9H2,1-4H3,(H2,15,16,18);1H. The lowest BCUT2D eigenvalue weighted by Crippen LogP contribution is -2.45. The highest BCUT2D eigenvalue weighted by molar-refractivity contribution is 14.0. The lowest BCUT2D eigenvalue weighted by Gasteiger charge is -2.25. The molecule has 0 aliphatic carbocycles. The number of anilines is 1. The van der Waals surface area contributed by atoms with E-state index in [1.807, 2.05) is 32.2 Å². The Morgan fingerprint density at radius 1 is 1.45 bits per heavy atom. The third-order valence-corrected chi connectivity index (χ3v) is 3.68. The van der Waals surface area contributed by atoms with E-state index in [4.69, 9.17) is 4.74 Å².